The van der Waals surface area contributed by atoms with E-state index < -0.39 is 289 Å². The molecule has 132 heavy (non-hydrogen) atoms. The Bertz CT molecular complexity index is 4130. The molecule has 0 atom stereocenters. The maximum Gasteiger partial charge on any atom is 1.00 e. The van der Waals surface area contributed by atoms with Crippen LogP contribution < -0.4 is 95.5 Å². The Hall–Kier alpha value is -7.45. The topological polar surface area (TPSA) is 12.1 Å². The molecule has 0 heterocycles. The van der Waals surface area contributed by atoms with Gasteiger partial charge < -0.3 is 28.5 Å². The van der Waals surface area contributed by atoms with Crippen molar-refractivity contribution in [3.05, 3.63) is 233 Å². The van der Waals surface area contributed by atoms with E-state index in [1.165, 1.54) is 174 Å². The largest absolute Gasteiger partial charge is 1.00 e. The van der Waals surface area contributed by atoms with E-state index in [1.54, 1.807) is 9.80 Å². The van der Waals surface area contributed by atoms with Gasteiger partial charge in [-0.2, -0.15) is 0 Å². The first-order valence-electron chi connectivity index (χ1n) is 39.9. The summed E-state index contributed by atoms with van der Waals surface area (Å²) in [5, 5.41) is 0. The zero-order valence-corrected chi connectivity index (χ0v) is 75.2. The van der Waals surface area contributed by atoms with Crippen LogP contribution in [0.3, 0.4) is 0 Å². The number of rotatable bonds is 35. The van der Waals surface area contributed by atoms with Crippen molar-refractivity contribution in [1.82, 2.24) is 4.90 Å². The van der Waals surface area contributed by atoms with Crippen LogP contribution in [0.15, 0.2) is 0 Å². The van der Waals surface area contributed by atoms with Gasteiger partial charge in [-0.15, -0.1) is 56.1 Å². The molecule has 0 aliphatic carbocycles. The second kappa shape index (κ2) is 54.5. The summed E-state index contributed by atoms with van der Waals surface area (Å²) in [6.45, 7) is 10.8. The number of quaternary nitrogens is 2. The van der Waals surface area contributed by atoms with Gasteiger partial charge in [-0.25, -0.2) is 176 Å². The summed E-state index contributed by atoms with van der Waals surface area (Å²) in [4.78, 5) is 5.45. The van der Waals surface area contributed by atoms with Crippen molar-refractivity contribution in [3.63, 3.8) is 0 Å². The van der Waals surface area contributed by atoms with Crippen molar-refractivity contribution in [2.45, 2.75) is 175 Å². The van der Waals surface area contributed by atoms with Gasteiger partial charge in [-0.1, -0.05) is 143 Å². The average Bonchev–Trinajstić information content (AvgIpc) is 0.684. The normalized spacial score (nSPS) is 11.5. The van der Waals surface area contributed by atoms with E-state index in [0.29, 0.717) is 0 Å². The number of hydrogen-bond acceptors (Lipinski definition) is 1. The van der Waals surface area contributed by atoms with Crippen molar-refractivity contribution in [2.75, 3.05) is 61.9 Å². The number of nitrogens with one attached hydrogen (secondary N) is 2. The molecule has 0 saturated heterocycles. The van der Waals surface area contributed by atoms with Gasteiger partial charge in [0, 0.05) is 0 Å². The second-order valence-corrected chi connectivity index (χ2v) is 30.7. The van der Waals surface area contributed by atoms with E-state index in [1.807, 2.05) is 0 Å². The molecule has 0 fully saturated rings. The van der Waals surface area contributed by atoms with E-state index in [4.69, 9.17) is 0 Å². The molecule has 0 bridgehead atoms. The third-order valence-electron chi connectivity index (χ3n) is 20.9. The van der Waals surface area contributed by atoms with Gasteiger partial charge in [0.2, 0.25) is 0 Å². The van der Waals surface area contributed by atoms with Crippen molar-refractivity contribution >= 4 is 68.4 Å². The first-order valence-corrected chi connectivity index (χ1v) is 39.9. The summed E-state index contributed by atoms with van der Waals surface area (Å²) >= 11 is 0. The zero-order valence-electron chi connectivity index (χ0n) is 72.6. The van der Waals surface area contributed by atoms with Crippen LogP contribution in [-0.4, -0.2) is 79.1 Å². The fourth-order valence-electron chi connectivity index (χ4n) is 14.5. The fourth-order valence-corrected chi connectivity index (χ4v) is 14.5. The van der Waals surface area contributed by atoms with E-state index in [2.05, 4.69) is 68.0 Å². The summed E-state index contributed by atoms with van der Waals surface area (Å²) in [7, 11) is 13.3. The van der Waals surface area contributed by atoms with Crippen LogP contribution in [-0.2, 0) is 0 Å². The monoisotopic (exact) mass is 2010 g/mol. The van der Waals surface area contributed by atoms with Gasteiger partial charge in [-0.3, -0.25) is 0 Å². The number of benzene rings is 8. The van der Waals surface area contributed by atoms with Crippen molar-refractivity contribution in [1.29, 1.82) is 0 Å². The van der Waals surface area contributed by atoms with Gasteiger partial charge in [-0.05, 0) is 52.7 Å². The first-order chi connectivity index (χ1) is 60.2. The Morgan fingerprint density at radius 2 is 0.280 bits per heavy atom. The first kappa shape index (κ1) is 123. The van der Waals surface area contributed by atoms with Crippen molar-refractivity contribution in [3.8, 4) is 0 Å². The standard InChI is InChI=1S/2C24BF20.3C12H27N.2ClH.Na.H/c2*26-5-1(6(27)14(35)21(42)13(5)34)25(2-7(28)15(36)22(43)16(37)8(2)29,3-9(30)17(38)23(44)18(39)10(3)31)4-11(32)19(40)24(45)20(41)12(4)33;3*1-4-5-6-7-8-9-10-11-12-13(2)3;;;;/h;;3*4-12H2,1-3H3;2*1H;;/q2*-1;;;;;;+1;-1/p+1. The van der Waals surface area contributed by atoms with Crippen molar-refractivity contribution < 1.29 is 229 Å². The smallest absolute Gasteiger partial charge is 1.00 e. The second-order valence-electron chi connectivity index (χ2n) is 30.7. The molecule has 0 amide bonds. The Morgan fingerprint density at radius 1 is 0.182 bits per heavy atom. The Labute approximate surface area is 767 Å². The Morgan fingerprint density at radius 3 is 0.386 bits per heavy atom. The minimum Gasteiger partial charge on any atom is -1.00 e. The average molecular weight is 2010 g/mol. The quantitative estimate of drug-likeness (QED) is 0.0133. The molecule has 0 spiro atoms. The molecule has 48 heteroatoms. The molecule has 0 radical (unpaired) electrons. The maximum absolute atomic E-state index is 15.4. The van der Waals surface area contributed by atoms with Gasteiger partial charge >= 0.3 is 29.6 Å². The van der Waals surface area contributed by atoms with Crippen LogP contribution in [0.4, 0.5) is 176 Å². The number of hydrogen-bond donors (Lipinski definition) is 2. The van der Waals surface area contributed by atoms with E-state index in [0.717, 1.165) is 0 Å². The third kappa shape index (κ3) is 26.3. The van der Waals surface area contributed by atoms with Gasteiger partial charge in [0.25, 0.3) is 0 Å². The Balaban J connectivity index is 0.00000184. The molecule has 0 aliphatic rings. The molecule has 738 valence electrons. The fraction of sp³-hybridized carbons (Fsp3) is 0.429. The van der Waals surface area contributed by atoms with Crippen LogP contribution in [0.1, 0.15) is 176 Å². The molecular weight excluding hydrogens is 1930 g/mol. The molecule has 8 rings (SSSR count). The van der Waals surface area contributed by atoms with Crippen LogP contribution in [0.2, 0.25) is 0 Å². The van der Waals surface area contributed by atoms with Crippen LogP contribution in [0, 0.1) is 233 Å². The van der Waals surface area contributed by atoms with Crippen LogP contribution >= 0.6 is 12.4 Å². The molecule has 0 saturated carbocycles. The minimum absolute atomic E-state index is 0. The van der Waals surface area contributed by atoms with Gasteiger partial charge in [0.15, 0.2) is 140 Å². The molecule has 2 N–H and O–H groups in total. The molecule has 0 aliphatic heterocycles. The molecule has 8 aromatic carbocycles. The Kier molecular flexibility index (Phi) is 50.6. The van der Waals surface area contributed by atoms with Crippen LogP contribution in [0.25, 0.3) is 0 Å². The number of unbranched alkanes of at least 4 members (excludes halogenated alkanes) is 21. The van der Waals surface area contributed by atoms with Crippen LogP contribution in [0.5, 0.6) is 0 Å². The number of nitrogens with zero attached hydrogens (tertiary/aromatic N) is 1. The maximum atomic E-state index is 15.4. The summed E-state index contributed by atoms with van der Waals surface area (Å²) in [5.41, 5.74) is -28.7. The van der Waals surface area contributed by atoms with E-state index in [9.17, 15) is 105 Å². The molecule has 3 nitrogen and oxygen atoms in total. The molecule has 0 unspecified atom stereocenters. The number of halogens is 42. The summed E-state index contributed by atoms with van der Waals surface area (Å²) < 4.78 is 588. The molecule has 0 aromatic heterocycles. The van der Waals surface area contributed by atoms with E-state index in [-0.39, 0.29) is 55.8 Å². The molecular formula is C84H85B2Cl2F40N3Na-. The summed E-state index contributed by atoms with van der Waals surface area (Å²) in [5.74, 6) is -143. The predicted molar refractivity (Wildman–Crippen MR) is 409 cm³/mol. The van der Waals surface area contributed by atoms with E-state index >= 15 is 70.2 Å². The van der Waals surface area contributed by atoms with Gasteiger partial charge in [0.05, 0.1) is 41.3 Å². The molecule has 8 aromatic rings. The minimum atomic E-state index is -7.22. The SMILES string of the molecule is CCCCCCCCCCN(C)C.CCCCCCCCCC[NH+](C)C.CCCCCCCCCC[NH+](C)C.Cl.Fc1c(F)c(F)c([B-](c2c(F)c(F)c(F)c(F)c2F)(c2c(F)c(F)c(F)c(F)c2F)c2c(F)c(F)c(F)c(F)c2F)c(F)c1F.Fc1c(F)c(F)c([B-](c2c(F)c(F)c(F)c(F)c2F)(c2c(F)c(F)c(F)c(F)c2F)c2c(F)c(F)c(F)c(F)c2F)c(F)c1F.[Cl-].[H-].[Na+]. The predicted octanol–water partition coefficient (Wildman–Crippen LogP) is 14.5. The summed E-state index contributed by atoms with van der Waals surface area (Å²) in [6, 6.07) is 0. The zero-order chi connectivity index (χ0) is 98.5. The van der Waals surface area contributed by atoms with Gasteiger partial charge in [0.1, 0.15) is 105 Å². The summed E-state index contributed by atoms with van der Waals surface area (Å²) in [6.07, 6.45) is 19.9. The van der Waals surface area contributed by atoms with Crippen molar-refractivity contribution in [2.24, 2.45) is 0 Å². The third-order valence-corrected chi connectivity index (χ3v) is 20.9.